The van der Waals surface area contributed by atoms with E-state index >= 15 is 0 Å². The quantitative estimate of drug-likeness (QED) is 0.213. The maximum absolute atomic E-state index is 5.60. The van der Waals surface area contributed by atoms with Gasteiger partial charge in [0, 0.05) is 24.7 Å². The Balaban J connectivity index is 0.00000312. The minimum Gasteiger partial charge on any atom is -0.490 e. The lowest BCUT2D eigenvalue weighted by Crippen LogP contribution is -2.39. The first-order valence-electron chi connectivity index (χ1n) is 7.84. The SMILES string of the molecule is CN=C(NCCOc1cccnc1)NCc1ccc(C)cc1SC.I. The molecule has 0 saturated heterocycles. The molecule has 136 valence electrons. The van der Waals surface area contributed by atoms with Gasteiger partial charge in [-0.05, 0) is 42.5 Å². The van der Waals surface area contributed by atoms with Crippen molar-refractivity contribution in [2.45, 2.75) is 18.4 Å². The van der Waals surface area contributed by atoms with E-state index < -0.39 is 0 Å². The van der Waals surface area contributed by atoms with Gasteiger partial charge in [0.2, 0.25) is 0 Å². The number of halogens is 1. The van der Waals surface area contributed by atoms with Crippen molar-refractivity contribution in [2.24, 2.45) is 4.99 Å². The molecule has 1 aromatic heterocycles. The number of aryl methyl sites for hydroxylation is 1. The van der Waals surface area contributed by atoms with Gasteiger partial charge in [0.05, 0.1) is 12.7 Å². The zero-order valence-electron chi connectivity index (χ0n) is 14.8. The van der Waals surface area contributed by atoms with Gasteiger partial charge in [0.15, 0.2) is 5.96 Å². The molecule has 2 aromatic rings. The summed E-state index contributed by atoms with van der Waals surface area (Å²) in [5.41, 5.74) is 2.54. The van der Waals surface area contributed by atoms with E-state index in [4.69, 9.17) is 4.74 Å². The number of aliphatic imine (C=N–C) groups is 1. The van der Waals surface area contributed by atoms with Gasteiger partial charge in [-0.1, -0.05) is 12.1 Å². The van der Waals surface area contributed by atoms with Gasteiger partial charge in [-0.15, -0.1) is 35.7 Å². The highest BCUT2D eigenvalue weighted by atomic mass is 127. The van der Waals surface area contributed by atoms with Crippen LogP contribution in [-0.4, -0.2) is 37.4 Å². The highest BCUT2D eigenvalue weighted by molar-refractivity contribution is 14.0. The molecule has 1 heterocycles. The number of aromatic nitrogens is 1. The number of nitrogens with one attached hydrogen (secondary N) is 2. The van der Waals surface area contributed by atoms with Crippen LogP contribution in [0.2, 0.25) is 0 Å². The van der Waals surface area contributed by atoms with Crippen LogP contribution < -0.4 is 15.4 Å². The Bertz CT molecular complexity index is 667. The molecule has 0 spiro atoms. The van der Waals surface area contributed by atoms with Crippen LogP contribution in [0.15, 0.2) is 52.6 Å². The zero-order chi connectivity index (χ0) is 17.2. The van der Waals surface area contributed by atoms with Crippen LogP contribution in [0.25, 0.3) is 0 Å². The molecule has 0 aliphatic heterocycles. The number of rotatable bonds is 7. The number of hydrogen-bond donors (Lipinski definition) is 2. The van der Waals surface area contributed by atoms with Crippen LogP contribution in [-0.2, 0) is 6.54 Å². The van der Waals surface area contributed by atoms with Gasteiger partial charge >= 0.3 is 0 Å². The van der Waals surface area contributed by atoms with Crippen LogP contribution in [0, 0.1) is 6.92 Å². The highest BCUT2D eigenvalue weighted by Crippen LogP contribution is 2.21. The van der Waals surface area contributed by atoms with Crippen LogP contribution in [0.5, 0.6) is 5.75 Å². The summed E-state index contributed by atoms with van der Waals surface area (Å²) >= 11 is 1.76. The van der Waals surface area contributed by atoms with Gasteiger partial charge in [-0.2, -0.15) is 0 Å². The molecule has 0 unspecified atom stereocenters. The second-order valence-electron chi connectivity index (χ2n) is 5.21. The average molecular weight is 472 g/mol. The second kappa shape index (κ2) is 12.0. The average Bonchev–Trinajstić information content (AvgIpc) is 2.62. The summed E-state index contributed by atoms with van der Waals surface area (Å²) in [5.74, 6) is 1.53. The maximum Gasteiger partial charge on any atom is 0.191 e. The van der Waals surface area contributed by atoms with E-state index in [0.29, 0.717) is 13.2 Å². The number of benzene rings is 1. The molecule has 0 aliphatic rings. The summed E-state index contributed by atoms with van der Waals surface area (Å²) in [6.45, 7) is 4.06. The minimum atomic E-state index is 0. The largest absolute Gasteiger partial charge is 0.490 e. The molecule has 0 saturated carbocycles. The van der Waals surface area contributed by atoms with Crippen molar-refractivity contribution in [2.75, 3.05) is 26.5 Å². The van der Waals surface area contributed by atoms with E-state index in [-0.39, 0.29) is 24.0 Å². The van der Waals surface area contributed by atoms with Gasteiger partial charge in [0.1, 0.15) is 12.4 Å². The van der Waals surface area contributed by atoms with Crippen LogP contribution in [0.1, 0.15) is 11.1 Å². The molecule has 0 aliphatic carbocycles. The summed E-state index contributed by atoms with van der Waals surface area (Å²) in [6, 6.07) is 10.2. The monoisotopic (exact) mass is 472 g/mol. The first-order valence-corrected chi connectivity index (χ1v) is 9.06. The molecular formula is C18H25IN4OS. The van der Waals surface area contributed by atoms with Gasteiger partial charge in [0.25, 0.3) is 0 Å². The van der Waals surface area contributed by atoms with E-state index in [9.17, 15) is 0 Å². The van der Waals surface area contributed by atoms with E-state index in [1.807, 2.05) is 12.1 Å². The van der Waals surface area contributed by atoms with Crippen molar-refractivity contribution in [3.05, 3.63) is 53.9 Å². The highest BCUT2D eigenvalue weighted by Gasteiger charge is 2.04. The summed E-state index contributed by atoms with van der Waals surface area (Å²) in [5, 5.41) is 6.58. The van der Waals surface area contributed by atoms with Gasteiger partial charge in [-0.25, -0.2) is 0 Å². The molecule has 0 amide bonds. The fourth-order valence-corrected chi connectivity index (χ4v) is 2.87. The Morgan fingerprint density at radius 3 is 2.80 bits per heavy atom. The molecule has 2 rings (SSSR count). The fraction of sp³-hybridized carbons (Fsp3) is 0.333. The van der Waals surface area contributed by atoms with Crippen molar-refractivity contribution in [1.82, 2.24) is 15.6 Å². The number of hydrogen-bond acceptors (Lipinski definition) is 4. The van der Waals surface area contributed by atoms with Gasteiger partial charge < -0.3 is 15.4 Å². The van der Waals surface area contributed by atoms with Crippen molar-refractivity contribution in [3.8, 4) is 5.75 Å². The van der Waals surface area contributed by atoms with E-state index in [1.54, 1.807) is 31.2 Å². The molecule has 7 heteroatoms. The molecule has 0 atom stereocenters. The third-order valence-corrected chi connectivity index (χ3v) is 4.23. The van der Waals surface area contributed by atoms with E-state index in [2.05, 4.69) is 52.0 Å². The number of ether oxygens (including phenoxy) is 1. The summed E-state index contributed by atoms with van der Waals surface area (Å²) < 4.78 is 5.60. The fourth-order valence-electron chi connectivity index (χ4n) is 2.17. The predicted molar refractivity (Wildman–Crippen MR) is 116 cm³/mol. The summed E-state index contributed by atoms with van der Waals surface area (Å²) in [6.07, 6.45) is 5.53. The molecule has 2 N–H and O–H groups in total. The molecular weight excluding hydrogens is 447 g/mol. The third-order valence-electron chi connectivity index (χ3n) is 3.41. The van der Waals surface area contributed by atoms with Crippen LogP contribution in [0.3, 0.4) is 0 Å². The second-order valence-corrected chi connectivity index (χ2v) is 6.05. The number of thioether (sulfide) groups is 1. The Hall–Kier alpha value is -1.48. The molecule has 0 radical (unpaired) electrons. The topological polar surface area (TPSA) is 58.5 Å². The normalized spacial score (nSPS) is 10.8. The number of nitrogens with zero attached hydrogens (tertiary/aromatic N) is 2. The first-order chi connectivity index (χ1) is 11.7. The Morgan fingerprint density at radius 2 is 2.12 bits per heavy atom. The summed E-state index contributed by atoms with van der Waals surface area (Å²) in [7, 11) is 1.77. The minimum absolute atomic E-state index is 0. The lowest BCUT2D eigenvalue weighted by atomic mass is 10.1. The van der Waals surface area contributed by atoms with Crippen molar-refractivity contribution >= 4 is 41.7 Å². The predicted octanol–water partition coefficient (Wildman–Crippen LogP) is 3.47. The number of pyridine rings is 1. The Labute approximate surface area is 171 Å². The molecule has 1 aromatic carbocycles. The first kappa shape index (κ1) is 21.6. The Morgan fingerprint density at radius 1 is 1.28 bits per heavy atom. The number of guanidine groups is 1. The lowest BCUT2D eigenvalue weighted by Gasteiger charge is -2.14. The third kappa shape index (κ3) is 7.52. The smallest absolute Gasteiger partial charge is 0.191 e. The van der Waals surface area contributed by atoms with Crippen LogP contribution >= 0.6 is 35.7 Å². The molecule has 0 fully saturated rings. The van der Waals surface area contributed by atoms with E-state index in [1.165, 1.54) is 16.0 Å². The van der Waals surface area contributed by atoms with Crippen molar-refractivity contribution in [1.29, 1.82) is 0 Å². The maximum atomic E-state index is 5.60. The van der Waals surface area contributed by atoms with Crippen molar-refractivity contribution < 1.29 is 4.74 Å². The van der Waals surface area contributed by atoms with Gasteiger partial charge in [-0.3, -0.25) is 9.98 Å². The van der Waals surface area contributed by atoms with Crippen molar-refractivity contribution in [3.63, 3.8) is 0 Å². The van der Waals surface area contributed by atoms with E-state index in [0.717, 1.165) is 18.3 Å². The summed E-state index contributed by atoms with van der Waals surface area (Å²) in [4.78, 5) is 9.55. The molecule has 25 heavy (non-hydrogen) atoms. The lowest BCUT2D eigenvalue weighted by molar-refractivity contribution is 0.320. The molecule has 5 nitrogen and oxygen atoms in total. The zero-order valence-corrected chi connectivity index (χ0v) is 17.9. The van der Waals surface area contributed by atoms with Crippen LogP contribution in [0.4, 0.5) is 0 Å². The standard InChI is InChI=1S/C18H24N4OS.HI/c1-14-6-7-15(17(11-14)24-3)12-22-18(19-2)21-9-10-23-16-5-4-8-20-13-16;/h4-8,11,13H,9-10,12H2,1-3H3,(H2,19,21,22);1H. The molecule has 0 bridgehead atoms. The Kier molecular flexibility index (Phi) is 10.3.